The van der Waals surface area contributed by atoms with Crippen molar-refractivity contribution < 1.29 is 4.74 Å². The van der Waals surface area contributed by atoms with Gasteiger partial charge in [0.1, 0.15) is 5.82 Å². The fourth-order valence-electron chi connectivity index (χ4n) is 4.13. The first-order valence-electron chi connectivity index (χ1n) is 9.34. The fourth-order valence-corrected chi connectivity index (χ4v) is 4.13. The Morgan fingerprint density at radius 1 is 1.29 bits per heavy atom. The Bertz CT molecular complexity index is 490. The van der Waals surface area contributed by atoms with Crippen molar-refractivity contribution in [3.05, 3.63) is 23.9 Å². The highest BCUT2D eigenvalue weighted by Crippen LogP contribution is 2.35. The number of hydrogen-bond donors (Lipinski definition) is 1. The molecule has 24 heavy (non-hydrogen) atoms. The Kier molecular flexibility index (Phi) is 6.09. The summed E-state index contributed by atoms with van der Waals surface area (Å²) in [4.78, 5) is 9.51. The lowest BCUT2D eigenvalue weighted by Crippen LogP contribution is -2.61. The third kappa shape index (κ3) is 4.08. The molecule has 5 heteroatoms. The van der Waals surface area contributed by atoms with Crippen LogP contribution in [0.3, 0.4) is 0 Å². The van der Waals surface area contributed by atoms with Crippen molar-refractivity contribution in [3.63, 3.8) is 0 Å². The molecule has 1 aliphatic heterocycles. The second-order valence-electron chi connectivity index (χ2n) is 7.32. The van der Waals surface area contributed by atoms with E-state index in [1.807, 2.05) is 0 Å². The quantitative estimate of drug-likeness (QED) is 0.865. The lowest BCUT2D eigenvalue weighted by Gasteiger charge is -2.50. The van der Waals surface area contributed by atoms with Gasteiger partial charge in [-0.25, -0.2) is 4.98 Å². The predicted molar refractivity (Wildman–Crippen MR) is 98.5 cm³/mol. The second kappa shape index (κ2) is 8.28. The summed E-state index contributed by atoms with van der Waals surface area (Å²) in [5, 5.41) is 3.63. The standard InChI is InChI=1S/C19H32N4O/c1-22(12-13-24-2)18-7-6-17(14-21-18)15-23-11-10-20-16-19(23)8-4-3-5-9-19/h6-7,14,20H,3-5,8-13,15-16H2,1-2H3. The van der Waals surface area contributed by atoms with Crippen LogP contribution in [-0.4, -0.2) is 62.4 Å². The van der Waals surface area contributed by atoms with Crippen LogP contribution < -0.4 is 10.2 Å². The zero-order valence-electron chi connectivity index (χ0n) is 15.3. The molecule has 0 amide bonds. The summed E-state index contributed by atoms with van der Waals surface area (Å²) in [5.41, 5.74) is 1.70. The molecule has 1 aromatic heterocycles. The normalized spacial score (nSPS) is 21.1. The van der Waals surface area contributed by atoms with Crippen molar-refractivity contribution in [2.24, 2.45) is 0 Å². The number of likely N-dealkylation sites (N-methyl/N-ethyl adjacent to an activating group) is 1. The summed E-state index contributed by atoms with van der Waals surface area (Å²) in [6.45, 7) is 6.02. The molecule has 3 rings (SSSR count). The van der Waals surface area contributed by atoms with Crippen molar-refractivity contribution in [2.45, 2.75) is 44.2 Å². The van der Waals surface area contributed by atoms with Crippen LogP contribution in [0, 0.1) is 0 Å². The van der Waals surface area contributed by atoms with E-state index in [1.54, 1.807) is 7.11 Å². The summed E-state index contributed by atoms with van der Waals surface area (Å²) in [7, 11) is 3.80. The van der Waals surface area contributed by atoms with E-state index in [2.05, 4.69) is 45.5 Å². The molecule has 5 nitrogen and oxygen atoms in total. The molecule has 0 atom stereocenters. The summed E-state index contributed by atoms with van der Waals surface area (Å²) in [6, 6.07) is 4.38. The molecule has 1 saturated heterocycles. The molecule has 2 fully saturated rings. The van der Waals surface area contributed by atoms with E-state index in [4.69, 9.17) is 4.74 Å². The molecule has 2 heterocycles. The molecule has 1 N–H and O–H groups in total. The van der Waals surface area contributed by atoms with Gasteiger partial charge >= 0.3 is 0 Å². The lowest BCUT2D eigenvalue weighted by molar-refractivity contribution is 0.0208. The maximum atomic E-state index is 5.14. The van der Waals surface area contributed by atoms with Gasteiger partial charge in [-0.2, -0.15) is 0 Å². The number of nitrogens with zero attached hydrogens (tertiary/aromatic N) is 3. The third-order valence-corrected chi connectivity index (χ3v) is 5.67. The number of piperazine rings is 1. The van der Waals surface area contributed by atoms with E-state index in [-0.39, 0.29) is 0 Å². The maximum Gasteiger partial charge on any atom is 0.128 e. The molecule has 1 aromatic rings. The molecule has 1 saturated carbocycles. The van der Waals surface area contributed by atoms with E-state index < -0.39 is 0 Å². The van der Waals surface area contributed by atoms with Gasteiger partial charge in [-0.3, -0.25) is 4.90 Å². The number of rotatable bonds is 6. The average Bonchev–Trinajstić information content (AvgIpc) is 2.63. The van der Waals surface area contributed by atoms with E-state index in [9.17, 15) is 0 Å². The Morgan fingerprint density at radius 3 is 2.83 bits per heavy atom. The van der Waals surface area contributed by atoms with Gasteiger partial charge in [0.05, 0.1) is 6.61 Å². The van der Waals surface area contributed by atoms with Gasteiger partial charge < -0.3 is 15.0 Å². The Hall–Kier alpha value is -1.17. The smallest absolute Gasteiger partial charge is 0.128 e. The summed E-state index contributed by atoms with van der Waals surface area (Å²) >= 11 is 0. The third-order valence-electron chi connectivity index (χ3n) is 5.67. The van der Waals surface area contributed by atoms with Crippen LogP contribution in [-0.2, 0) is 11.3 Å². The zero-order chi connectivity index (χ0) is 16.8. The SMILES string of the molecule is COCCN(C)c1ccc(CN2CCNCC23CCCCC3)cn1. The minimum Gasteiger partial charge on any atom is -0.383 e. The number of methoxy groups -OCH3 is 1. The molecule has 0 unspecified atom stereocenters. The fraction of sp³-hybridized carbons (Fsp3) is 0.737. The van der Waals surface area contributed by atoms with Gasteiger partial charge in [0.2, 0.25) is 0 Å². The summed E-state index contributed by atoms with van der Waals surface area (Å²) in [6.07, 6.45) is 8.88. The molecule has 0 aromatic carbocycles. The van der Waals surface area contributed by atoms with Gasteiger partial charge in [-0.1, -0.05) is 25.3 Å². The van der Waals surface area contributed by atoms with Crippen molar-refractivity contribution in [3.8, 4) is 0 Å². The van der Waals surface area contributed by atoms with Crippen molar-refractivity contribution in [1.29, 1.82) is 0 Å². The van der Waals surface area contributed by atoms with Gasteiger partial charge in [0.15, 0.2) is 0 Å². The highest BCUT2D eigenvalue weighted by molar-refractivity contribution is 5.38. The first-order chi connectivity index (χ1) is 11.7. The van der Waals surface area contributed by atoms with Crippen LogP contribution in [0.5, 0.6) is 0 Å². The Labute approximate surface area is 146 Å². The van der Waals surface area contributed by atoms with Crippen LogP contribution in [0.4, 0.5) is 5.82 Å². The highest BCUT2D eigenvalue weighted by atomic mass is 16.5. The molecule has 1 aliphatic carbocycles. The molecular formula is C19H32N4O. The molecule has 2 aliphatic rings. The second-order valence-corrected chi connectivity index (χ2v) is 7.32. The van der Waals surface area contributed by atoms with Gasteiger partial charge in [-0.05, 0) is 24.5 Å². The topological polar surface area (TPSA) is 40.6 Å². The Balaban J connectivity index is 1.64. The van der Waals surface area contributed by atoms with Gasteiger partial charge in [0, 0.05) is 58.6 Å². The molecule has 1 spiro atoms. The molecule has 0 radical (unpaired) electrons. The van der Waals surface area contributed by atoms with Gasteiger partial charge in [0.25, 0.3) is 0 Å². The highest BCUT2D eigenvalue weighted by Gasteiger charge is 2.39. The van der Waals surface area contributed by atoms with Crippen LogP contribution in [0.25, 0.3) is 0 Å². The number of pyridine rings is 1. The van der Waals surface area contributed by atoms with Crippen LogP contribution >= 0.6 is 0 Å². The zero-order valence-corrected chi connectivity index (χ0v) is 15.3. The number of aromatic nitrogens is 1. The minimum absolute atomic E-state index is 0.379. The molecule has 134 valence electrons. The van der Waals surface area contributed by atoms with Crippen LogP contribution in [0.15, 0.2) is 18.3 Å². The van der Waals surface area contributed by atoms with Crippen molar-refractivity contribution in [1.82, 2.24) is 15.2 Å². The first kappa shape index (κ1) is 17.6. The maximum absolute atomic E-state index is 5.14. The summed E-state index contributed by atoms with van der Waals surface area (Å²) < 4.78 is 5.14. The first-order valence-corrected chi connectivity index (χ1v) is 9.34. The Morgan fingerprint density at radius 2 is 2.12 bits per heavy atom. The molecule has 0 bridgehead atoms. The van der Waals surface area contributed by atoms with Gasteiger partial charge in [-0.15, -0.1) is 0 Å². The predicted octanol–water partition coefficient (Wildman–Crippen LogP) is 2.27. The van der Waals surface area contributed by atoms with E-state index >= 15 is 0 Å². The monoisotopic (exact) mass is 332 g/mol. The number of nitrogens with one attached hydrogen (secondary N) is 1. The average molecular weight is 332 g/mol. The van der Waals surface area contributed by atoms with Crippen LogP contribution in [0.2, 0.25) is 0 Å². The van der Waals surface area contributed by atoms with Crippen LogP contribution in [0.1, 0.15) is 37.7 Å². The number of ether oxygens (including phenoxy) is 1. The number of anilines is 1. The number of hydrogen-bond acceptors (Lipinski definition) is 5. The lowest BCUT2D eigenvalue weighted by atomic mass is 9.79. The van der Waals surface area contributed by atoms with Crippen molar-refractivity contribution >= 4 is 5.82 Å². The van der Waals surface area contributed by atoms with Crippen molar-refractivity contribution in [2.75, 3.05) is 51.8 Å². The molecular weight excluding hydrogens is 300 g/mol. The van der Waals surface area contributed by atoms with E-state index in [0.29, 0.717) is 5.54 Å². The largest absolute Gasteiger partial charge is 0.383 e. The minimum atomic E-state index is 0.379. The van der Waals surface area contributed by atoms with E-state index in [0.717, 1.165) is 45.1 Å². The van der Waals surface area contributed by atoms with E-state index in [1.165, 1.54) is 37.7 Å². The summed E-state index contributed by atoms with van der Waals surface area (Å²) in [5.74, 6) is 1.02.